The molecule has 15 heavy (non-hydrogen) atoms. The minimum Gasteiger partial charge on any atom is -0.307 e. The third-order valence-electron chi connectivity index (χ3n) is 2.86. The van der Waals surface area contributed by atoms with Crippen LogP contribution in [-0.2, 0) is 0 Å². The number of halogens is 1. The highest BCUT2D eigenvalue weighted by atomic mass is 127. The molecule has 2 heteroatoms. The summed E-state index contributed by atoms with van der Waals surface area (Å²) in [7, 11) is 0. The Morgan fingerprint density at radius 3 is 2.40 bits per heavy atom. The molecule has 1 aromatic carbocycles. The van der Waals surface area contributed by atoms with Crippen LogP contribution in [0.15, 0.2) is 36.4 Å². The summed E-state index contributed by atoms with van der Waals surface area (Å²) in [5.41, 5.74) is 1.38. The zero-order valence-electron chi connectivity index (χ0n) is 8.91. The molecule has 80 valence electrons. The summed E-state index contributed by atoms with van der Waals surface area (Å²) in [4.78, 5) is 0. The van der Waals surface area contributed by atoms with E-state index in [1.54, 1.807) is 0 Å². The Morgan fingerprint density at radius 1 is 1.20 bits per heavy atom. The molecule has 0 saturated carbocycles. The van der Waals surface area contributed by atoms with Gasteiger partial charge in [0.15, 0.2) is 0 Å². The van der Waals surface area contributed by atoms with Gasteiger partial charge in [-0.3, -0.25) is 0 Å². The van der Waals surface area contributed by atoms with Crippen LogP contribution in [0.5, 0.6) is 0 Å². The van der Waals surface area contributed by atoms with E-state index in [1.165, 1.54) is 22.0 Å². The number of nitrogens with one attached hydrogen (secondary N) is 1. The molecule has 0 aromatic heterocycles. The highest BCUT2D eigenvalue weighted by Gasteiger charge is 2.13. The molecule has 1 unspecified atom stereocenters. The molecule has 0 aliphatic heterocycles. The molecule has 2 rings (SSSR count). The van der Waals surface area contributed by atoms with Crippen molar-refractivity contribution >= 4 is 22.6 Å². The van der Waals surface area contributed by atoms with Crippen LogP contribution < -0.4 is 5.32 Å². The zero-order chi connectivity index (χ0) is 10.7. The number of benzene rings is 1. The van der Waals surface area contributed by atoms with Gasteiger partial charge in [-0.15, -0.1) is 0 Å². The monoisotopic (exact) mass is 313 g/mol. The smallest absolute Gasteiger partial charge is 0.0294 e. The predicted octanol–water partition coefficient (Wildman–Crippen LogP) is 3.66. The molecule has 1 nitrogen and oxygen atoms in total. The standard InChI is InChI=1S/C13H16IN/c1-10(15-13-4-2-3-5-13)11-6-8-12(14)9-7-11/h2-3,6-10,13,15H,4-5H2,1H3. The third kappa shape index (κ3) is 3.05. The predicted molar refractivity (Wildman–Crippen MR) is 72.9 cm³/mol. The van der Waals surface area contributed by atoms with Crippen LogP contribution in [-0.4, -0.2) is 6.04 Å². The lowest BCUT2D eigenvalue weighted by Gasteiger charge is -2.19. The molecule has 0 heterocycles. The lowest BCUT2D eigenvalue weighted by molar-refractivity contribution is 0.471. The molecule has 1 aliphatic carbocycles. The lowest BCUT2D eigenvalue weighted by Crippen LogP contribution is -2.29. The SMILES string of the molecule is CC(NC1CC=CC1)c1ccc(I)cc1. The maximum atomic E-state index is 3.65. The van der Waals surface area contributed by atoms with E-state index in [-0.39, 0.29) is 0 Å². The Bertz CT molecular complexity index is 334. The Hall–Kier alpha value is -0.350. The fourth-order valence-electron chi connectivity index (χ4n) is 1.95. The highest BCUT2D eigenvalue weighted by Crippen LogP contribution is 2.18. The summed E-state index contributed by atoms with van der Waals surface area (Å²) in [6.07, 6.45) is 6.88. The molecule has 1 atom stereocenters. The fraction of sp³-hybridized carbons (Fsp3) is 0.385. The van der Waals surface area contributed by atoms with Crippen LogP contribution in [0.4, 0.5) is 0 Å². The average molecular weight is 313 g/mol. The van der Waals surface area contributed by atoms with Crippen LogP contribution in [0.25, 0.3) is 0 Å². The van der Waals surface area contributed by atoms with Gasteiger partial charge in [-0.2, -0.15) is 0 Å². The molecule has 1 aliphatic rings. The van der Waals surface area contributed by atoms with E-state index >= 15 is 0 Å². The second-order valence-corrected chi connectivity index (χ2v) is 5.33. The van der Waals surface area contributed by atoms with Crippen molar-refractivity contribution in [2.45, 2.75) is 31.8 Å². The first-order valence-corrected chi connectivity index (χ1v) is 6.50. The van der Waals surface area contributed by atoms with Gasteiger partial charge in [0.1, 0.15) is 0 Å². The topological polar surface area (TPSA) is 12.0 Å². The largest absolute Gasteiger partial charge is 0.307 e. The Kier molecular flexibility index (Phi) is 3.81. The van der Waals surface area contributed by atoms with E-state index < -0.39 is 0 Å². The maximum Gasteiger partial charge on any atom is 0.0294 e. The molecule has 0 amide bonds. The van der Waals surface area contributed by atoms with Gasteiger partial charge in [-0.05, 0) is 60.1 Å². The maximum absolute atomic E-state index is 3.65. The Labute approximate surface area is 105 Å². The average Bonchev–Trinajstić information content (AvgIpc) is 2.71. The van der Waals surface area contributed by atoms with Crippen LogP contribution in [0.1, 0.15) is 31.4 Å². The second-order valence-electron chi connectivity index (χ2n) is 4.08. The zero-order valence-corrected chi connectivity index (χ0v) is 11.1. The van der Waals surface area contributed by atoms with Gasteiger partial charge in [0, 0.05) is 15.7 Å². The van der Waals surface area contributed by atoms with Crippen LogP contribution in [0.3, 0.4) is 0 Å². The first kappa shape index (κ1) is 11.1. The van der Waals surface area contributed by atoms with E-state index in [1.807, 2.05) is 0 Å². The van der Waals surface area contributed by atoms with Crippen molar-refractivity contribution in [3.63, 3.8) is 0 Å². The molecule has 1 aromatic rings. The molecular weight excluding hydrogens is 297 g/mol. The van der Waals surface area contributed by atoms with Gasteiger partial charge in [0.25, 0.3) is 0 Å². The molecule has 0 spiro atoms. The number of hydrogen-bond acceptors (Lipinski definition) is 1. The molecule has 0 saturated heterocycles. The summed E-state index contributed by atoms with van der Waals surface area (Å²) < 4.78 is 1.30. The van der Waals surface area contributed by atoms with Crippen molar-refractivity contribution in [2.75, 3.05) is 0 Å². The van der Waals surface area contributed by atoms with Gasteiger partial charge < -0.3 is 5.32 Å². The molecule has 0 fully saturated rings. The second kappa shape index (κ2) is 5.12. The Balaban J connectivity index is 1.95. The van der Waals surface area contributed by atoms with Gasteiger partial charge in [0.05, 0.1) is 0 Å². The summed E-state index contributed by atoms with van der Waals surface area (Å²) in [6.45, 7) is 2.24. The fourth-order valence-corrected chi connectivity index (χ4v) is 2.31. The normalized spacial score (nSPS) is 18.3. The van der Waals surface area contributed by atoms with Crippen molar-refractivity contribution in [1.29, 1.82) is 0 Å². The first-order valence-electron chi connectivity index (χ1n) is 5.42. The molecular formula is C13H16IN. The number of rotatable bonds is 3. The van der Waals surface area contributed by atoms with Crippen molar-refractivity contribution in [3.05, 3.63) is 45.6 Å². The van der Waals surface area contributed by atoms with E-state index in [9.17, 15) is 0 Å². The summed E-state index contributed by atoms with van der Waals surface area (Å²) in [6, 6.07) is 9.84. The van der Waals surface area contributed by atoms with E-state index in [0.29, 0.717) is 12.1 Å². The van der Waals surface area contributed by atoms with Crippen LogP contribution >= 0.6 is 22.6 Å². The number of hydrogen-bond donors (Lipinski definition) is 1. The van der Waals surface area contributed by atoms with Gasteiger partial charge in [-0.1, -0.05) is 24.3 Å². The van der Waals surface area contributed by atoms with Crippen molar-refractivity contribution in [2.24, 2.45) is 0 Å². The highest BCUT2D eigenvalue weighted by molar-refractivity contribution is 14.1. The minimum absolute atomic E-state index is 0.451. The minimum atomic E-state index is 0.451. The van der Waals surface area contributed by atoms with Crippen LogP contribution in [0.2, 0.25) is 0 Å². The van der Waals surface area contributed by atoms with Crippen molar-refractivity contribution in [1.82, 2.24) is 5.32 Å². The first-order chi connectivity index (χ1) is 7.25. The van der Waals surface area contributed by atoms with E-state index in [2.05, 4.69) is 71.2 Å². The van der Waals surface area contributed by atoms with Gasteiger partial charge in [0.2, 0.25) is 0 Å². The van der Waals surface area contributed by atoms with E-state index in [0.717, 1.165) is 0 Å². The molecule has 0 bridgehead atoms. The van der Waals surface area contributed by atoms with Gasteiger partial charge in [-0.25, -0.2) is 0 Å². The van der Waals surface area contributed by atoms with Gasteiger partial charge >= 0.3 is 0 Å². The Morgan fingerprint density at radius 2 is 1.80 bits per heavy atom. The third-order valence-corrected chi connectivity index (χ3v) is 3.58. The summed E-state index contributed by atoms with van der Waals surface area (Å²) in [5.74, 6) is 0. The molecule has 1 N–H and O–H groups in total. The summed E-state index contributed by atoms with van der Waals surface area (Å²) in [5, 5.41) is 3.65. The quantitative estimate of drug-likeness (QED) is 0.663. The van der Waals surface area contributed by atoms with Crippen LogP contribution in [0, 0.1) is 3.57 Å². The van der Waals surface area contributed by atoms with E-state index in [4.69, 9.17) is 0 Å². The lowest BCUT2D eigenvalue weighted by atomic mass is 10.1. The van der Waals surface area contributed by atoms with Crippen molar-refractivity contribution in [3.8, 4) is 0 Å². The van der Waals surface area contributed by atoms with Crippen molar-refractivity contribution < 1.29 is 0 Å². The molecule has 0 radical (unpaired) electrons. The summed E-state index contributed by atoms with van der Waals surface area (Å²) >= 11 is 2.34.